The predicted octanol–water partition coefficient (Wildman–Crippen LogP) is 3.06. The van der Waals surface area contributed by atoms with Crippen molar-refractivity contribution in [3.63, 3.8) is 0 Å². The summed E-state index contributed by atoms with van der Waals surface area (Å²) in [5.74, 6) is 0.165. The van der Waals surface area contributed by atoms with Gasteiger partial charge in [0.05, 0.1) is 13.2 Å². The number of carbonyl (C=O) groups is 1. The summed E-state index contributed by atoms with van der Waals surface area (Å²) >= 11 is 0. The first-order valence-electron chi connectivity index (χ1n) is 8.21. The molecule has 0 bridgehead atoms. The number of likely N-dealkylation sites (tertiary alicyclic amines) is 1. The number of Topliss-reactive ketones (excluding diaryl/α,β-unsaturated/α-hetero) is 1. The number of nitrogens with zero attached hydrogens (tertiary/aromatic N) is 1. The molecule has 1 aliphatic rings. The molecule has 1 aromatic rings. The van der Waals surface area contributed by atoms with Crippen molar-refractivity contribution < 1.29 is 9.90 Å². The molecule has 1 heterocycles. The molecule has 0 radical (unpaired) electrons. The highest BCUT2D eigenvalue weighted by molar-refractivity contribution is 5.97. The van der Waals surface area contributed by atoms with Crippen molar-refractivity contribution in [1.29, 1.82) is 0 Å². The van der Waals surface area contributed by atoms with E-state index in [1.165, 1.54) is 12.0 Å². The molecule has 0 saturated carbocycles. The Kier molecular flexibility index (Phi) is 6.40. The third-order valence-corrected chi connectivity index (χ3v) is 4.37. The number of carbonyl (C=O) groups excluding carboxylic acids is 1. The van der Waals surface area contributed by atoms with E-state index in [2.05, 4.69) is 24.0 Å². The lowest BCUT2D eigenvalue weighted by molar-refractivity contribution is 0.0826. The molecule has 1 unspecified atom stereocenters. The number of aliphatic hydroxyl groups is 1. The zero-order valence-corrected chi connectivity index (χ0v) is 13.1. The van der Waals surface area contributed by atoms with E-state index in [0.29, 0.717) is 6.54 Å². The van der Waals surface area contributed by atoms with Gasteiger partial charge in [-0.05, 0) is 31.4 Å². The summed E-state index contributed by atoms with van der Waals surface area (Å²) in [6.07, 6.45) is 6.67. The lowest BCUT2D eigenvalue weighted by atomic mass is 10.0. The van der Waals surface area contributed by atoms with E-state index in [0.717, 1.165) is 44.2 Å². The van der Waals surface area contributed by atoms with Crippen molar-refractivity contribution in [1.82, 2.24) is 4.90 Å². The minimum atomic E-state index is 0.149. The van der Waals surface area contributed by atoms with Crippen LogP contribution in [0, 0.1) is 0 Å². The van der Waals surface area contributed by atoms with Gasteiger partial charge in [0.25, 0.3) is 0 Å². The van der Waals surface area contributed by atoms with Gasteiger partial charge in [-0.1, -0.05) is 50.5 Å². The van der Waals surface area contributed by atoms with Crippen LogP contribution >= 0.6 is 0 Å². The maximum Gasteiger partial charge on any atom is 0.176 e. The Morgan fingerprint density at radius 1 is 1.24 bits per heavy atom. The maximum absolute atomic E-state index is 12.4. The molecule has 0 aromatic heterocycles. The normalized spacial score (nSPS) is 20.2. The highest BCUT2D eigenvalue weighted by atomic mass is 16.3. The number of aliphatic hydroxyl groups excluding tert-OH is 1. The number of hydrogen-bond donors (Lipinski definition) is 1. The Labute approximate surface area is 128 Å². The number of ketones is 1. The largest absolute Gasteiger partial charge is 0.395 e. The second-order valence-corrected chi connectivity index (χ2v) is 6.03. The molecule has 3 nitrogen and oxygen atoms in total. The van der Waals surface area contributed by atoms with E-state index in [1.54, 1.807) is 0 Å². The molecule has 0 spiro atoms. The van der Waals surface area contributed by atoms with Crippen LogP contribution in [0.2, 0.25) is 0 Å². The van der Waals surface area contributed by atoms with Gasteiger partial charge >= 0.3 is 0 Å². The van der Waals surface area contributed by atoms with E-state index in [9.17, 15) is 9.90 Å². The minimum absolute atomic E-state index is 0.149. The summed E-state index contributed by atoms with van der Waals surface area (Å²) < 4.78 is 0. The van der Waals surface area contributed by atoms with Gasteiger partial charge in [-0.15, -0.1) is 0 Å². The smallest absolute Gasteiger partial charge is 0.176 e. The van der Waals surface area contributed by atoms with Gasteiger partial charge in [0.2, 0.25) is 0 Å². The van der Waals surface area contributed by atoms with Crippen molar-refractivity contribution in [3.8, 4) is 0 Å². The first-order valence-corrected chi connectivity index (χ1v) is 8.21. The molecule has 2 rings (SSSR count). The number of benzene rings is 1. The highest BCUT2D eigenvalue weighted by Crippen LogP contribution is 2.17. The van der Waals surface area contributed by atoms with Gasteiger partial charge in [-0.25, -0.2) is 0 Å². The molecule has 1 aliphatic heterocycles. The summed E-state index contributed by atoms with van der Waals surface area (Å²) in [6, 6.07) is 8.15. The quantitative estimate of drug-likeness (QED) is 0.818. The average molecular weight is 289 g/mol. The Morgan fingerprint density at radius 2 is 2.00 bits per heavy atom. The maximum atomic E-state index is 12.4. The SMILES string of the molecule is CCCc1ccc(C(=O)CN2CCCCCC2CO)cc1. The Bertz CT molecular complexity index is 441. The Balaban J connectivity index is 1.98. The first kappa shape index (κ1) is 16.2. The summed E-state index contributed by atoms with van der Waals surface area (Å²) in [4.78, 5) is 14.6. The fourth-order valence-electron chi connectivity index (χ4n) is 3.07. The molecule has 0 amide bonds. The average Bonchev–Trinajstić information content (AvgIpc) is 2.73. The van der Waals surface area contributed by atoms with Gasteiger partial charge < -0.3 is 5.11 Å². The van der Waals surface area contributed by atoms with Crippen LogP contribution in [0.3, 0.4) is 0 Å². The molecular weight excluding hydrogens is 262 g/mol. The third-order valence-electron chi connectivity index (χ3n) is 4.37. The van der Waals surface area contributed by atoms with E-state index in [4.69, 9.17) is 0 Å². The molecule has 1 saturated heterocycles. The zero-order chi connectivity index (χ0) is 15.1. The lowest BCUT2D eigenvalue weighted by Crippen LogP contribution is -2.40. The third kappa shape index (κ3) is 4.65. The van der Waals surface area contributed by atoms with Gasteiger partial charge in [0.15, 0.2) is 5.78 Å². The standard InChI is InChI=1S/C18H27NO2/c1-2-6-15-8-10-16(11-9-15)18(21)13-19-12-5-3-4-7-17(19)14-20/h8-11,17,20H,2-7,12-14H2,1H3. The molecule has 3 heteroatoms. The topological polar surface area (TPSA) is 40.5 Å². The van der Waals surface area contributed by atoms with E-state index >= 15 is 0 Å². The van der Waals surface area contributed by atoms with Crippen LogP contribution in [0.25, 0.3) is 0 Å². The van der Waals surface area contributed by atoms with E-state index in [-0.39, 0.29) is 18.4 Å². The fourth-order valence-corrected chi connectivity index (χ4v) is 3.07. The zero-order valence-electron chi connectivity index (χ0n) is 13.1. The first-order chi connectivity index (χ1) is 10.2. The van der Waals surface area contributed by atoms with Gasteiger partial charge in [0.1, 0.15) is 0 Å². The number of aryl methyl sites for hydroxylation is 1. The van der Waals surface area contributed by atoms with Crippen LogP contribution in [0.4, 0.5) is 0 Å². The van der Waals surface area contributed by atoms with Crippen LogP contribution in [0.15, 0.2) is 24.3 Å². The second-order valence-electron chi connectivity index (χ2n) is 6.03. The number of hydrogen-bond acceptors (Lipinski definition) is 3. The van der Waals surface area contributed by atoms with E-state index in [1.807, 2.05) is 12.1 Å². The molecule has 1 fully saturated rings. The molecule has 0 aliphatic carbocycles. The van der Waals surface area contributed by atoms with Crippen molar-refractivity contribution in [2.24, 2.45) is 0 Å². The molecular formula is C18H27NO2. The lowest BCUT2D eigenvalue weighted by Gasteiger charge is -2.27. The van der Waals surface area contributed by atoms with Crippen LogP contribution in [0.5, 0.6) is 0 Å². The fraction of sp³-hybridized carbons (Fsp3) is 0.611. The van der Waals surface area contributed by atoms with Crippen molar-refractivity contribution >= 4 is 5.78 Å². The van der Waals surface area contributed by atoms with Crippen molar-refractivity contribution in [2.75, 3.05) is 19.7 Å². The molecule has 21 heavy (non-hydrogen) atoms. The summed E-state index contributed by atoms with van der Waals surface area (Å²) in [6.45, 7) is 3.67. The molecule has 116 valence electrons. The van der Waals surface area contributed by atoms with Crippen LogP contribution in [-0.2, 0) is 6.42 Å². The van der Waals surface area contributed by atoms with Crippen LogP contribution in [0.1, 0.15) is 54.9 Å². The monoisotopic (exact) mass is 289 g/mol. The van der Waals surface area contributed by atoms with Gasteiger partial charge in [-0.3, -0.25) is 9.69 Å². The molecule has 1 N–H and O–H groups in total. The van der Waals surface area contributed by atoms with Crippen molar-refractivity contribution in [2.45, 2.75) is 51.5 Å². The summed E-state index contributed by atoms with van der Waals surface area (Å²) in [5.41, 5.74) is 2.08. The predicted molar refractivity (Wildman–Crippen MR) is 85.7 cm³/mol. The van der Waals surface area contributed by atoms with E-state index < -0.39 is 0 Å². The van der Waals surface area contributed by atoms with Crippen LogP contribution < -0.4 is 0 Å². The minimum Gasteiger partial charge on any atom is -0.395 e. The van der Waals surface area contributed by atoms with Gasteiger partial charge in [0, 0.05) is 11.6 Å². The Hall–Kier alpha value is -1.19. The summed E-state index contributed by atoms with van der Waals surface area (Å²) in [5, 5.41) is 9.51. The highest BCUT2D eigenvalue weighted by Gasteiger charge is 2.22. The van der Waals surface area contributed by atoms with Gasteiger partial charge in [-0.2, -0.15) is 0 Å². The number of rotatable bonds is 6. The van der Waals surface area contributed by atoms with Crippen LogP contribution in [-0.4, -0.2) is 41.5 Å². The summed E-state index contributed by atoms with van der Waals surface area (Å²) in [7, 11) is 0. The molecule has 1 aromatic carbocycles. The van der Waals surface area contributed by atoms with Crippen molar-refractivity contribution in [3.05, 3.63) is 35.4 Å². The molecule has 1 atom stereocenters. The Morgan fingerprint density at radius 3 is 2.67 bits per heavy atom. The second kappa shape index (κ2) is 8.30.